The van der Waals surface area contributed by atoms with E-state index in [-0.39, 0.29) is 0 Å². The maximum absolute atomic E-state index is 3.62. The predicted molar refractivity (Wildman–Crippen MR) is 140 cm³/mol. The molecule has 0 spiro atoms. The molecule has 2 aliphatic heterocycles. The van der Waals surface area contributed by atoms with Gasteiger partial charge in [0.1, 0.15) is 0 Å². The lowest BCUT2D eigenvalue weighted by atomic mass is 9.85. The Morgan fingerprint density at radius 3 is 2.37 bits per heavy atom. The Balaban J connectivity index is 1.99. The lowest BCUT2D eigenvalue weighted by Crippen LogP contribution is -2.50. The molecule has 4 unspecified atom stereocenters. The molecule has 0 amide bonds. The topological polar surface area (TPSA) is 18.5 Å². The molecule has 2 aliphatic rings. The first-order valence-electron chi connectivity index (χ1n) is 12.9. The first-order chi connectivity index (χ1) is 14.5. The normalized spacial score (nSPS) is 27.6. The highest BCUT2D eigenvalue weighted by Crippen LogP contribution is 2.33. The summed E-state index contributed by atoms with van der Waals surface area (Å²) in [5.41, 5.74) is 0. The Kier molecular flexibility index (Phi) is 13.1. The van der Waals surface area contributed by atoms with Gasteiger partial charge in [0.2, 0.25) is 0 Å². The molecular weight excluding hydrogens is 406 g/mol. The van der Waals surface area contributed by atoms with Gasteiger partial charge in [-0.15, -0.1) is 0 Å². The molecule has 0 aromatic carbocycles. The number of thioether (sulfide) groups is 2. The van der Waals surface area contributed by atoms with Crippen LogP contribution in [0.25, 0.3) is 0 Å². The molecule has 2 fully saturated rings. The maximum Gasteiger partial charge on any atom is 0.0300 e. The molecule has 3 nitrogen and oxygen atoms in total. The van der Waals surface area contributed by atoms with E-state index in [1.165, 1.54) is 82.1 Å². The summed E-state index contributed by atoms with van der Waals surface area (Å²) in [7, 11) is 0. The standard InChI is InChI=1S/C25H51N3S2/c1-7-13-27(20(3)4)17-22-9-10-23(11-14-29-19-22)25(8-2)28(21(5)6)18-24-16-26-12-15-30-24/h20-26H,7-19H2,1-6H3. The van der Waals surface area contributed by atoms with Gasteiger partial charge in [0.25, 0.3) is 0 Å². The monoisotopic (exact) mass is 457 g/mol. The Morgan fingerprint density at radius 2 is 1.77 bits per heavy atom. The molecule has 0 aliphatic carbocycles. The van der Waals surface area contributed by atoms with Gasteiger partial charge in [-0.25, -0.2) is 0 Å². The van der Waals surface area contributed by atoms with Crippen LogP contribution in [-0.2, 0) is 0 Å². The van der Waals surface area contributed by atoms with E-state index in [4.69, 9.17) is 0 Å². The number of hydrogen-bond acceptors (Lipinski definition) is 5. The first kappa shape index (κ1) is 26.8. The van der Waals surface area contributed by atoms with Crippen molar-refractivity contribution >= 4 is 23.5 Å². The van der Waals surface area contributed by atoms with Crippen LogP contribution in [-0.4, -0.2) is 83.2 Å². The van der Waals surface area contributed by atoms with Gasteiger partial charge in [-0.3, -0.25) is 4.90 Å². The Morgan fingerprint density at radius 1 is 0.967 bits per heavy atom. The summed E-state index contributed by atoms with van der Waals surface area (Å²) < 4.78 is 0. The summed E-state index contributed by atoms with van der Waals surface area (Å²) in [5, 5.41) is 4.39. The first-order valence-corrected chi connectivity index (χ1v) is 15.1. The number of rotatable bonds is 11. The van der Waals surface area contributed by atoms with Crippen LogP contribution >= 0.6 is 23.5 Å². The maximum atomic E-state index is 3.62. The van der Waals surface area contributed by atoms with Crippen molar-refractivity contribution in [1.29, 1.82) is 0 Å². The molecule has 0 saturated carbocycles. The van der Waals surface area contributed by atoms with Crippen molar-refractivity contribution in [1.82, 2.24) is 15.1 Å². The van der Waals surface area contributed by atoms with Crippen LogP contribution in [0.1, 0.15) is 73.6 Å². The van der Waals surface area contributed by atoms with Gasteiger partial charge in [-0.05, 0) is 89.7 Å². The van der Waals surface area contributed by atoms with Crippen LogP contribution in [0, 0.1) is 11.8 Å². The average molecular weight is 458 g/mol. The van der Waals surface area contributed by atoms with Gasteiger partial charge in [0.05, 0.1) is 0 Å². The average Bonchev–Trinajstić information content (AvgIpc) is 2.71. The number of hydrogen-bond donors (Lipinski definition) is 1. The van der Waals surface area contributed by atoms with Crippen LogP contribution < -0.4 is 5.32 Å². The third-order valence-corrected chi connectivity index (χ3v) is 9.60. The van der Waals surface area contributed by atoms with Gasteiger partial charge in [0, 0.05) is 55.3 Å². The minimum Gasteiger partial charge on any atom is -0.315 e. The summed E-state index contributed by atoms with van der Waals surface area (Å²) in [4.78, 5) is 5.61. The molecule has 0 bridgehead atoms. The number of nitrogens with zero attached hydrogens (tertiary/aromatic N) is 2. The van der Waals surface area contributed by atoms with Crippen molar-refractivity contribution in [2.75, 3.05) is 50.0 Å². The van der Waals surface area contributed by atoms with Crippen LogP contribution in [0.4, 0.5) is 0 Å². The summed E-state index contributed by atoms with van der Waals surface area (Å²) in [6.45, 7) is 20.6. The highest BCUT2D eigenvalue weighted by molar-refractivity contribution is 8.00. The Bertz CT molecular complexity index is 440. The molecule has 178 valence electrons. The van der Waals surface area contributed by atoms with E-state index in [1.807, 2.05) is 0 Å². The second kappa shape index (κ2) is 14.7. The van der Waals surface area contributed by atoms with Crippen LogP contribution in [0.5, 0.6) is 0 Å². The van der Waals surface area contributed by atoms with Gasteiger partial charge in [0.15, 0.2) is 0 Å². The smallest absolute Gasteiger partial charge is 0.0300 e. The molecular formula is C25H51N3S2. The molecule has 0 radical (unpaired) electrons. The van der Waals surface area contributed by atoms with Gasteiger partial charge in [-0.1, -0.05) is 13.8 Å². The van der Waals surface area contributed by atoms with Crippen molar-refractivity contribution in [3.05, 3.63) is 0 Å². The molecule has 0 aromatic heterocycles. The second-order valence-electron chi connectivity index (χ2n) is 10.1. The summed E-state index contributed by atoms with van der Waals surface area (Å²) >= 11 is 4.43. The van der Waals surface area contributed by atoms with E-state index in [0.717, 1.165) is 23.1 Å². The van der Waals surface area contributed by atoms with Crippen LogP contribution in [0.3, 0.4) is 0 Å². The van der Waals surface area contributed by atoms with E-state index in [9.17, 15) is 0 Å². The molecule has 4 atom stereocenters. The zero-order valence-electron chi connectivity index (χ0n) is 20.9. The fourth-order valence-corrected chi connectivity index (χ4v) is 7.76. The van der Waals surface area contributed by atoms with Crippen LogP contribution in [0.15, 0.2) is 0 Å². The van der Waals surface area contributed by atoms with Crippen molar-refractivity contribution in [2.45, 2.75) is 97.0 Å². The van der Waals surface area contributed by atoms with Gasteiger partial charge in [-0.2, -0.15) is 23.5 Å². The van der Waals surface area contributed by atoms with E-state index >= 15 is 0 Å². The summed E-state index contributed by atoms with van der Waals surface area (Å²) in [6.07, 6.45) is 6.85. The van der Waals surface area contributed by atoms with E-state index in [2.05, 4.69) is 80.2 Å². The Hall–Kier alpha value is 0.580. The molecule has 0 aromatic rings. The second-order valence-corrected chi connectivity index (χ2v) is 12.7. The van der Waals surface area contributed by atoms with E-state index in [1.54, 1.807) is 0 Å². The van der Waals surface area contributed by atoms with Crippen molar-refractivity contribution in [2.24, 2.45) is 11.8 Å². The molecule has 2 saturated heterocycles. The lowest BCUT2D eigenvalue weighted by Gasteiger charge is -2.43. The summed E-state index contributed by atoms with van der Waals surface area (Å²) in [5.74, 6) is 5.75. The molecule has 30 heavy (non-hydrogen) atoms. The number of nitrogens with one attached hydrogen (secondary N) is 1. The van der Waals surface area contributed by atoms with E-state index < -0.39 is 0 Å². The van der Waals surface area contributed by atoms with Crippen molar-refractivity contribution in [3.63, 3.8) is 0 Å². The molecule has 2 rings (SSSR count). The van der Waals surface area contributed by atoms with Crippen molar-refractivity contribution in [3.8, 4) is 0 Å². The van der Waals surface area contributed by atoms with E-state index in [0.29, 0.717) is 12.1 Å². The zero-order chi connectivity index (χ0) is 21.9. The quantitative estimate of drug-likeness (QED) is 0.443. The largest absolute Gasteiger partial charge is 0.315 e. The summed E-state index contributed by atoms with van der Waals surface area (Å²) in [6, 6.07) is 2.08. The minimum absolute atomic E-state index is 0.646. The molecule has 2 heterocycles. The lowest BCUT2D eigenvalue weighted by molar-refractivity contribution is 0.0907. The zero-order valence-corrected chi connectivity index (χ0v) is 22.5. The fraction of sp³-hybridized carbons (Fsp3) is 1.00. The predicted octanol–water partition coefficient (Wildman–Crippen LogP) is 5.45. The van der Waals surface area contributed by atoms with Crippen LogP contribution in [0.2, 0.25) is 0 Å². The SMILES string of the molecule is CCCN(CC1CCC(C(CC)N(CC2CNCCS2)C(C)C)CCSC1)C(C)C. The molecule has 1 N–H and O–H groups in total. The highest BCUT2D eigenvalue weighted by Gasteiger charge is 2.31. The minimum atomic E-state index is 0.646. The molecule has 5 heteroatoms. The Labute approximate surface area is 197 Å². The highest BCUT2D eigenvalue weighted by atomic mass is 32.2. The third-order valence-electron chi connectivity index (χ3n) is 7.14. The van der Waals surface area contributed by atoms with Gasteiger partial charge >= 0.3 is 0 Å². The third kappa shape index (κ3) is 8.84. The van der Waals surface area contributed by atoms with Gasteiger partial charge < -0.3 is 10.2 Å². The fourth-order valence-electron chi connectivity index (χ4n) is 5.41. The van der Waals surface area contributed by atoms with Crippen molar-refractivity contribution < 1.29 is 0 Å².